The summed E-state index contributed by atoms with van der Waals surface area (Å²) < 4.78 is 7.22. The summed E-state index contributed by atoms with van der Waals surface area (Å²) in [6.45, 7) is 0. The maximum absolute atomic E-state index is 5.77. The van der Waals surface area contributed by atoms with E-state index < -0.39 is 0 Å². The molecule has 2 aromatic rings. The van der Waals surface area contributed by atoms with Crippen molar-refractivity contribution < 1.29 is 4.74 Å². The van der Waals surface area contributed by atoms with Gasteiger partial charge in [0.25, 0.3) is 0 Å². The summed E-state index contributed by atoms with van der Waals surface area (Å²) in [4.78, 5) is 0. The first-order valence-corrected chi connectivity index (χ1v) is 5.41. The molecule has 0 spiro atoms. The molecule has 0 saturated heterocycles. The number of ether oxygens (including phenoxy) is 1. The van der Waals surface area contributed by atoms with Gasteiger partial charge in [-0.25, -0.2) is 4.68 Å². The third-order valence-electron chi connectivity index (χ3n) is 3.24. The molecule has 3 rings (SSSR count). The van der Waals surface area contributed by atoms with E-state index in [0.717, 1.165) is 29.6 Å². The lowest BCUT2D eigenvalue weighted by atomic mass is 9.89. The summed E-state index contributed by atoms with van der Waals surface area (Å²) in [5.41, 5.74) is 8.43. The highest BCUT2D eigenvalue weighted by molar-refractivity contribution is 5.78. The van der Waals surface area contributed by atoms with Crippen molar-refractivity contribution in [3.63, 3.8) is 0 Å². The van der Waals surface area contributed by atoms with Crippen LogP contribution < -0.4 is 5.73 Å². The summed E-state index contributed by atoms with van der Waals surface area (Å²) in [6.07, 6.45) is 2.37. The van der Waals surface area contributed by atoms with Crippen molar-refractivity contribution in [1.82, 2.24) is 15.0 Å². The lowest BCUT2D eigenvalue weighted by molar-refractivity contribution is 0.00332. The molecule has 0 bridgehead atoms. The van der Waals surface area contributed by atoms with E-state index >= 15 is 0 Å². The Morgan fingerprint density at radius 2 is 2.25 bits per heavy atom. The van der Waals surface area contributed by atoms with E-state index in [2.05, 4.69) is 10.3 Å². The minimum Gasteiger partial charge on any atom is -0.399 e. The normalized spacial score (nSPS) is 24.6. The number of aromatic nitrogens is 3. The van der Waals surface area contributed by atoms with Crippen molar-refractivity contribution in [3.8, 4) is 0 Å². The van der Waals surface area contributed by atoms with Crippen LogP contribution in [0, 0.1) is 0 Å². The van der Waals surface area contributed by atoms with Crippen LogP contribution in [0.4, 0.5) is 5.69 Å². The fourth-order valence-corrected chi connectivity index (χ4v) is 2.15. The van der Waals surface area contributed by atoms with Crippen molar-refractivity contribution in [2.75, 3.05) is 12.8 Å². The quantitative estimate of drug-likeness (QED) is 0.773. The Balaban J connectivity index is 1.96. The third kappa shape index (κ3) is 1.36. The average molecular weight is 218 g/mol. The van der Waals surface area contributed by atoms with E-state index in [9.17, 15) is 0 Å². The van der Waals surface area contributed by atoms with Gasteiger partial charge in [0.2, 0.25) is 0 Å². The van der Waals surface area contributed by atoms with Gasteiger partial charge in [-0.05, 0) is 31.0 Å². The minimum atomic E-state index is 0.366. The van der Waals surface area contributed by atoms with Gasteiger partial charge < -0.3 is 10.5 Å². The van der Waals surface area contributed by atoms with Crippen LogP contribution in [0.5, 0.6) is 0 Å². The Labute approximate surface area is 93.2 Å². The third-order valence-corrected chi connectivity index (χ3v) is 3.24. The van der Waals surface area contributed by atoms with Gasteiger partial charge >= 0.3 is 0 Å². The largest absolute Gasteiger partial charge is 0.399 e. The molecule has 2 N–H and O–H groups in total. The second-order valence-electron chi connectivity index (χ2n) is 4.27. The van der Waals surface area contributed by atoms with Crippen molar-refractivity contribution in [2.45, 2.75) is 25.0 Å². The molecule has 1 heterocycles. The lowest BCUT2D eigenvalue weighted by Crippen LogP contribution is -2.33. The molecule has 1 aromatic heterocycles. The van der Waals surface area contributed by atoms with Crippen LogP contribution in [0.15, 0.2) is 18.2 Å². The Morgan fingerprint density at radius 3 is 3.00 bits per heavy atom. The van der Waals surface area contributed by atoms with Gasteiger partial charge in [-0.15, -0.1) is 5.10 Å². The summed E-state index contributed by atoms with van der Waals surface area (Å²) >= 11 is 0. The Kier molecular flexibility index (Phi) is 2.07. The topological polar surface area (TPSA) is 66.0 Å². The van der Waals surface area contributed by atoms with Crippen LogP contribution in [0.2, 0.25) is 0 Å². The van der Waals surface area contributed by atoms with E-state index in [1.165, 1.54) is 0 Å². The molecule has 84 valence electrons. The summed E-state index contributed by atoms with van der Waals surface area (Å²) in [6, 6.07) is 6.08. The van der Waals surface area contributed by atoms with E-state index in [-0.39, 0.29) is 0 Å². The van der Waals surface area contributed by atoms with E-state index in [1.807, 2.05) is 22.9 Å². The van der Waals surface area contributed by atoms with Gasteiger partial charge in [-0.1, -0.05) is 5.21 Å². The molecule has 1 aliphatic carbocycles. The predicted octanol–water partition coefficient (Wildman–Crippen LogP) is 1.36. The molecule has 5 nitrogen and oxygen atoms in total. The van der Waals surface area contributed by atoms with Crippen molar-refractivity contribution in [2.24, 2.45) is 0 Å². The van der Waals surface area contributed by atoms with Crippen LogP contribution in [-0.2, 0) is 4.74 Å². The first kappa shape index (κ1) is 9.59. The summed E-state index contributed by atoms with van der Waals surface area (Å²) in [5, 5.41) is 8.31. The molecule has 5 heteroatoms. The second-order valence-corrected chi connectivity index (χ2v) is 4.27. The molecule has 0 amide bonds. The Hall–Kier alpha value is -1.62. The maximum Gasteiger partial charge on any atom is 0.113 e. The molecule has 0 aliphatic heterocycles. The maximum atomic E-state index is 5.77. The second kappa shape index (κ2) is 3.45. The molecular weight excluding hydrogens is 204 g/mol. The van der Waals surface area contributed by atoms with Gasteiger partial charge in [0.15, 0.2) is 0 Å². The van der Waals surface area contributed by atoms with Crippen molar-refractivity contribution >= 4 is 16.7 Å². The lowest BCUT2D eigenvalue weighted by Gasteiger charge is -2.34. The van der Waals surface area contributed by atoms with Crippen LogP contribution in [0.1, 0.15) is 18.9 Å². The zero-order valence-electron chi connectivity index (χ0n) is 9.13. The number of nitrogens with zero attached hydrogens (tertiary/aromatic N) is 3. The van der Waals surface area contributed by atoms with Gasteiger partial charge in [-0.3, -0.25) is 0 Å². The predicted molar refractivity (Wildman–Crippen MR) is 61.0 cm³/mol. The summed E-state index contributed by atoms with van der Waals surface area (Å²) in [7, 11) is 1.75. The fraction of sp³-hybridized carbons (Fsp3) is 0.455. The monoisotopic (exact) mass is 218 g/mol. The van der Waals surface area contributed by atoms with E-state index in [4.69, 9.17) is 10.5 Å². The zero-order chi connectivity index (χ0) is 11.1. The van der Waals surface area contributed by atoms with Crippen LogP contribution in [0.3, 0.4) is 0 Å². The molecule has 1 aliphatic rings. The number of hydrogen-bond donors (Lipinski definition) is 1. The van der Waals surface area contributed by atoms with Crippen molar-refractivity contribution in [3.05, 3.63) is 18.2 Å². The van der Waals surface area contributed by atoms with Gasteiger partial charge in [0, 0.05) is 12.8 Å². The van der Waals surface area contributed by atoms with Gasteiger partial charge in [0.05, 0.1) is 17.7 Å². The Morgan fingerprint density at radius 1 is 1.44 bits per heavy atom. The van der Waals surface area contributed by atoms with Crippen LogP contribution >= 0.6 is 0 Å². The molecule has 0 radical (unpaired) electrons. The van der Waals surface area contributed by atoms with Crippen LogP contribution in [0.25, 0.3) is 11.0 Å². The van der Waals surface area contributed by atoms with Crippen LogP contribution in [-0.4, -0.2) is 28.2 Å². The number of hydrogen-bond acceptors (Lipinski definition) is 4. The van der Waals surface area contributed by atoms with Gasteiger partial charge in [0.1, 0.15) is 5.52 Å². The number of fused-ring (bicyclic) bond motifs is 1. The minimum absolute atomic E-state index is 0.366. The molecule has 1 saturated carbocycles. The molecule has 0 unspecified atom stereocenters. The summed E-state index contributed by atoms with van der Waals surface area (Å²) in [5.74, 6) is 0. The number of methoxy groups -OCH3 is 1. The Bertz CT molecular complexity index is 516. The molecule has 1 aromatic carbocycles. The number of rotatable bonds is 2. The highest BCUT2D eigenvalue weighted by Crippen LogP contribution is 2.35. The number of nitrogen functional groups attached to an aromatic ring is 1. The SMILES string of the molecule is COC1CC(n2nnc3ccc(N)cc32)C1. The highest BCUT2D eigenvalue weighted by Gasteiger charge is 2.32. The van der Waals surface area contributed by atoms with Crippen molar-refractivity contribution in [1.29, 1.82) is 0 Å². The average Bonchev–Trinajstić information content (AvgIpc) is 2.60. The standard InChI is InChI=1S/C11H14N4O/c1-16-9-5-8(6-9)15-11-4-7(12)2-3-10(11)13-14-15/h2-4,8-9H,5-6,12H2,1H3. The van der Waals surface area contributed by atoms with Gasteiger partial charge in [-0.2, -0.15) is 0 Å². The first-order valence-electron chi connectivity index (χ1n) is 5.41. The zero-order valence-corrected chi connectivity index (χ0v) is 9.13. The smallest absolute Gasteiger partial charge is 0.113 e. The van der Waals surface area contributed by atoms with E-state index in [0.29, 0.717) is 12.1 Å². The highest BCUT2D eigenvalue weighted by atomic mass is 16.5. The molecule has 1 fully saturated rings. The molecule has 16 heavy (non-hydrogen) atoms. The fourth-order valence-electron chi connectivity index (χ4n) is 2.15. The number of benzene rings is 1. The first-order chi connectivity index (χ1) is 7.78. The molecule has 0 atom stereocenters. The molecular formula is C11H14N4O. The van der Waals surface area contributed by atoms with E-state index in [1.54, 1.807) is 7.11 Å². The number of nitrogens with two attached hydrogens (primary N) is 1. The number of anilines is 1.